The molecule has 0 spiro atoms. The highest BCUT2D eigenvalue weighted by molar-refractivity contribution is 7.70. The van der Waals surface area contributed by atoms with Gasteiger partial charge in [0, 0.05) is 18.3 Å². The van der Waals surface area contributed by atoms with E-state index >= 15 is 0 Å². The molecule has 2 aromatic rings. The summed E-state index contributed by atoms with van der Waals surface area (Å²) in [6.07, 6.45) is 1.89. The van der Waals surface area contributed by atoms with Crippen molar-refractivity contribution < 1.29 is 23.1 Å². The third kappa shape index (κ3) is 6.09. The number of thiol groups is 1. The summed E-state index contributed by atoms with van der Waals surface area (Å²) in [6.45, 7) is 0.350. The van der Waals surface area contributed by atoms with Gasteiger partial charge in [-0.15, -0.1) is 0 Å². The predicted octanol–water partition coefficient (Wildman–Crippen LogP) is 2.20. The van der Waals surface area contributed by atoms with Crippen LogP contribution in [0.5, 0.6) is 11.5 Å². The first-order valence-corrected chi connectivity index (χ1v) is 8.91. The standard InChI is InChI=1S/C17H20N2O5S/c18-14-5-3-6-15(11-14)24-16-8-7-13(17(20)21)10-12(16)4-1-2-9-19-25(22)23/h3,5-8,10-11,25H,1-2,4,9,18H2,(H,20,21)(H,19,22,23). The van der Waals surface area contributed by atoms with Crippen LogP contribution < -0.4 is 15.2 Å². The molecule has 0 bridgehead atoms. The molecule has 0 radical (unpaired) electrons. The fourth-order valence-corrected chi connectivity index (χ4v) is 2.66. The summed E-state index contributed by atoms with van der Waals surface area (Å²) in [7, 11) is -2.59. The average Bonchev–Trinajstić information content (AvgIpc) is 2.55. The second kappa shape index (κ2) is 9.05. The number of aryl methyl sites for hydroxylation is 1. The number of benzene rings is 2. The second-order valence-corrected chi connectivity index (χ2v) is 6.25. The number of carboxylic acid groups (broad SMARTS) is 1. The largest absolute Gasteiger partial charge is 0.478 e. The monoisotopic (exact) mass is 364 g/mol. The first-order valence-electron chi connectivity index (χ1n) is 7.73. The minimum atomic E-state index is -2.59. The number of rotatable bonds is 9. The number of aromatic carboxylic acids is 1. The lowest BCUT2D eigenvalue weighted by molar-refractivity contribution is 0.0696. The van der Waals surface area contributed by atoms with Gasteiger partial charge in [-0.2, -0.15) is 0 Å². The molecule has 2 rings (SSSR count). The van der Waals surface area contributed by atoms with Crippen molar-refractivity contribution in [1.82, 2.24) is 4.72 Å². The maximum Gasteiger partial charge on any atom is 0.335 e. The Bertz CT molecular complexity index is 812. The number of nitrogens with two attached hydrogens (primary N) is 1. The summed E-state index contributed by atoms with van der Waals surface area (Å²) in [4.78, 5) is 11.2. The average molecular weight is 364 g/mol. The molecule has 0 atom stereocenters. The number of hydrogen-bond acceptors (Lipinski definition) is 5. The van der Waals surface area contributed by atoms with Gasteiger partial charge >= 0.3 is 5.97 Å². The molecule has 0 aliphatic heterocycles. The molecule has 0 unspecified atom stereocenters. The normalized spacial score (nSPS) is 10.8. The lowest BCUT2D eigenvalue weighted by Crippen LogP contribution is -2.12. The molecule has 8 heteroatoms. The molecule has 0 aromatic heterocycles. The van der Waals surface area contributed by atoms with E-state index in [9.17, 15) is 13.2 Å². The highest BCUT2D eigenvalue weighted by Gasteiger charge is 2.10. The number of ether oxygens (including phenoxy) is 1. The minimum Gasteiger partial charge on any atom is -0.478 e. The fraction of sp³-hybridized carbons (Fsp3) is 0.235. The van der Waals surface area contributed by atoms with Crippen molar-refractivity contribution in [3.05, 3.63) is 53.6 Å². The van der Waals surface area contributed by atoms with E-state index in [4.69, 9.17) is 15.6 Å². The second-order valence-electron chi connectivity index (χ2n) is 5.42. The third-order valence-electron chi connectivity index (χ3n) is 3.51. The van der Waals surface area contributed by atoms with Crippen LogP contribution in [0.4, 0.5) is 5.69 Å². The zero-order valence-electron chi connectivity index (χ0n) is 13.5. The zero-order valence-corrected chi connectivity index (χ0v) is 14.4. The number of hydrogen-bond donors (Lipinski definition) is 4. The molecule has 0 aliphatic carbocycles. The molecule has 0 amide bonds. The molecule has 134 valence electrons. The SMILES string of the molecule is Nc1cccc(Oc2ccc(C(=O)O)cc2CCCCN[SH](=O)=O)c1. The molecule has 25 heavy (non-hydrogen) atoms. The third-order valence-corrected chi connectivity index (χ3v) is 3.99. The molecule has 2 aromatic carbocycles. The van der Waals surface area contributed by atoms with E-state index in [0.29, 0.717) is 43.0 Å². The van der Waals surface area contributed by atoms with Gasteiger partial charge in [-0.05, 0) is 55.2 Å². The number of anilines is 1. The Morgan fingerprint density at radius 3 is 2.64 bits per heavy atom. The minimum absolute atomic E-state index is 0.177. The van der Waals surface area contributed by atoms with Crippen LogP contribution in [0.15, 0.2) is 42.5 Å². The Kier molecular flexibility index (Phi) is 6.79. The zero-order chi connectivity index (χ0) is 18.2. The van der Waals surface area contributed by atoms with Crippen molar-refractivity contribution in [3.63, 3.8) is 0 Å². The van der Waals surface area contributed by atoms with Gasteiger partial charge in [0.25, 0.3) is 0 Å². The molecular weight excluding hydrogens is 344 g/mol. The van der Waals surface area contributed by atoms with E-state index in [0.717, 1.165) is 5.56 Å². The predicted molar refractivity (Wildman–Crippen MR) is 95.6 cm³/mol. The van der Waals surface area contributed by atoms with Crippen molar-refractivity contribution in [2.75, 3.05) is 12.3 Å². The van der Waals surface area contributed by atoms with Crippen LogP contribution >= 0.6 is 0 Å². The number of carbonyl (C=O) groups is 1. The molecule has 0 saturated carbocycles. The van der Waals surface area contributed by atoms with Gasteiger partial charge in [-0.3, -0.25) is 0 Å². The van der Waals surface area contributed by atoms with Crippen molar-refractivity contribution in [3.8, 4) is 11.5 Å². The Hall–Kier alpha value is -2.58. The molecule has 7 nitrogen and oxygen atoms in total. The van der Waals surface area contributed by atoms with E-state index in [1.807, 2.05) is 0 Å². The van der Waals surface area contributed by atoms with Gasteiger partial charge in [0.2, 0.25) is 10.9 Å². The van der Waals surface area contributed by atoms with Crippen molar-refractivity contribution in [2.24, 2.45) is 0 Å². The summed E-state index contributed by atoms with van der Waals surface area (Å²) < 4.78 is 29.1. The quantitative estimate of drug-likeness (QED) is 0.308. The van der Waals surface area contributed by atoms with E-state index in [2.05, 4.69) is 4.72 Å². The van der Waals surface area contributed by atoms with Crippen LogP contribution in [0.25, 0.3) is 0 Å². The smallest absolute Gasteiger partial charge is 0.335 e. The van der Waals surface area contributed by atoms with Crippen LogP contribution in [0, 0.1) is 0 Å². The van der Waals surface area contributed by atoms with Crippen molar-refractivity contribution in [2.45, 2.75) is 19.3 Å². The highest BCUT2D eigenvalue weighted by atomic mass is 32.2. The van der Waals surface area contributed by atoms with E-state index in [1.165, 1.54) is 6.07 Å². The first-order chi connectivity index (χ1) is 12.0. The summed E-state index contributed by atoms with van der Waals surface area (Å²) in [6, 6.07) is 11.6. The van der Waals surface area contributed by atoms with E-state index < -0.39 is 16.9 Å². The topological polar surface area (TPSA) is 119 Å². The summed E-state index contributed by atoms with van der Waals surface area (Å²) in [5.41, 5.74) is 7.23. The van der Waals surface area contributed by atoms with Gasteiger partial charge in [-0.25, -0.2) is 17.9 Å². The van der Waals surface area contributed by atoms with Crippen LogP contribution in [0.1, 0.15) is 28.8 Å². The molecule has 0 fully saturated rings. The summed E-state index contributed by atoms with van der Waals surface area (Å²) in [5, 5.41) is 9.16. The van der Waals surface area contributed by atoms with Crippen molar-refractivity contribution in [1.29, 1.82) is 0 Å². The Morgan fingerprint density at radius 2 is 1.96 bits per heavy atom. The molecule has 0 heterocycles. The number of nitrogens with one attached hydrogen (secondary N) is 1. The molecule has 4 N–H and O–H groups in total. The molecule has 0 saturated heterocycles. The Labute approximate surface area is 147 Å². The van der Waals surface area contributed by atoms with Gasteiger partial charge in [-0.1, -0.05) is 6.07 Å². The lowest BCUT2D eigenvalue weighted by atomic mass is 10.0. The van der Waals surface area contributed by atoms with Gasteiger partial charge < -0.3 is 15.6 Å². The van der Waals surface area contributed by atoms with Crippen LogP contribution in [0.2, 0.25) is 0 Å². The first kappa shape index (κ1) is 18.8. The Morgan fingerprint density at radius 1 is 1.16 bits per heavy atom. The van der Waals surface area contributed by atoms with Gasteiger partial charge in [0.05, 0.1) is 5.56 Å². The highest BCUT2D eigenvalue weighted by Crippen LogP contribution is 2.28. The maximum atomic E-state index is 11.2. The summed E-state index contributed by atoms with van der Waals surface area (Å²) in [5.74, 6) is 0.106. The Balaban J connectivity index is 2.12. The van der Waals surface area contributed by atoms with Crippen LogP contribution in [-0.2, 0) is 17.3 Å². The number of carboxylic acids is 1. The van der Waals surface area contributed by atoms with E-state index in [-0.39, 0.29) is 5.56 Å². The molecular formula is C17H20N2O5S. The maximum absolute atomic E-state index is 11.2. The van der Waals surface area contributed by atoms with Crippen molar-refractivity contribution >= 4 is 22.5 Å². The van der Waals surface area contributed by atoms with Crippen LogP contribution in [0.3, 0.4) is 0 Å². The van der Waals surface area contributed by atoms with Gasteiger partial charge in [0.1, 0.15) is 11.5 Å². The lowest BCUT2D eigenvalue weighted by Gasteiger charge is -2.12. The molecule has 0 aliphatic rings. The number of nitrogen functional groups attached to an aromatic ring is 1. The van der Waals surface area contributed by atoms with Crippen LogP contribution in [-0.4, -0.2) is 26.0 Å². The fourth-order valence-electron chi connectivity index (χ4n) is 2.32. The van der Waals surface area contributed by atoms with Gasteiger partial charge in [0.15, 0.2) is 0 Å². The van der Waals surface area contributed by atoms with E-state index in [1.54, 1.807) is 36.4 Å². The summed E-state index contributed by atoms with van der Waals surface area (Å²) >= 11 is 0. The number of unbranched alkanes of at least 4 members (excludes halogenated alkanes) is 1.